The molecule has 2 fully saturated rings. The van der Waals surface area contributed by atoms with Crippen LogP contribution in [0.4, 0.5) is 5.00 Å². The Labute approximate surface area is 120 Å². The van der Waals surface area contributed by atoms with E-state index in [1.807, 2.05) is 0 Å². The van der Waals surface area contributed by atoms with E-state index < -0.39 is 0 Å². The smallest absolute Gasteiger partial charge is 0.246 e. The number of carbonyl (C=O) groups excluding carboxylic acids is 2. The van der Waals surface area contributed by atoms with Crippen LogP contribution in [0.15, 0.2) is 0 Å². The molecule has 1 atom stereocenters. The van der Waals surface area contributed by atoms with E-state index in [1.54, 1.807) is 9.80 Å². The quantitative estimate of drug-likeness (QED) is 0.578. The number of piperidine rings is 1. The molecule has 3 heterocycles. The molecule has 108 valence electrons. The van der Waals surface area contributed by atoms with Crippen molar-refractivity contribution in [2.24, 2.45) is 5.84 Å². The SMILES string of the molecule is NNc1snnc1CN1CC(=O)N2CCCCC2C1=O. The van der Waals surface area contributed by atoms with Crippen LogP contribution in [-0.4, -0.2) is 50.3 Å². The van der Waals surface area contributed by atoms with Gasteiger partial charge in [0, 0.05) is 18.1 Å². The number of piperazine rings is 1. The second-order valence-corrected chi connectivity index (χ2v) is 5.74. The first-order valence-corrected chi connectivity index (χ1v) is 7.34. The Morgan fingerprint density at radius 2 is 2.25 bits per heavy atom. The molecule has 1 aromatic heterocycles. The fourth-order valence-electron chi connectivity index (χ4n) is 2.77. The summed E-state index contributed by atoms with van der Waals surface area (Å²) in [4.78, 5) is 27.9. The summed E-state index contributed by atoms with van der Waals surface area (Å²) in [6, 6.07) is -0.300. The van der Waals surface area contributed by atoms with Gasteiger partial charge in [-0.05, 0) is 19.3 Å². The van der Waals surface area contributed by atoms with Crippen LogP contribution in [0.25, 0.3) is 0 Å². The largest absolute Gasteiger partial charge is 0.329 e. The Balaban J connectivity index is 1.77. The molecule has 0 bridgehead atoms. The minimum atomic E-state index is -0.300. The summed E-state index contributed by atoms with van der Waals surface area (Å²) in [6.07, 6.45) is 2.72. The van der Waals surface area contributed by atoms with Crippen molar-refractivity contribution in [1.82, 2.24) is 19.4 Å². The minimum absolute atomic E-state index is 0.000251. The highest BCUT2D eigenvalue weighted by Crippen LogP contribution is 2.25. The topological polar surface area (TPSA) is 104 Å². The lowest BCUT2D eigenvalue weighted by atomic mass is 9.98. The summed E-state index contributed by atoms with van der Waals surface area (Å²) in [7, 11) is 0. The number of hydrazine groups is 1. The molecule has 0 aliphatic carbocycles. The van der Waals surface area contributed by atoms with E-state index in [9.17, 15) is 9.59 Å². The fraction of sp³-hybridized carbons (Fsp3) is 0.636. The highest BCUT2D eigenvalue weighted by molar-refractivity contribution is 7.10. The normalized spacial score (nSPS) is 22.9. The summed E-state index contributed by atoms with van der Waals surface area (Å²) < 4.78 is 3.80. The fourth-order valence-corrected chi connectivity index (χ4v) is 3.25. The van der Waals surface area contributed by atoms with Gasteiger partial charge < -0.3 is 15.2 Å². The van der Waals surface area contributed by atoms with Gasteiger partial charge in [0.2, 0.25) is 11.8 Å². The third-order valence-corrected chi connectivity index (χ3v) is 4.47. The molecule has 1 aromatic rings. The van der Waals surface area contributed by atoms with Crippen molar-refractivity contribution in [2.45, 2.75) is 31.8 Å². The third kappa shape index (κ3) is 2.22. The number of rotatable bonds is 3. The summed E-state index contributed by atoms with van der Waals surface area (Å²) in [5.41, 5.74) is 3.11. The maximum atomic E-state index is 12.5. The molecule has 0 radical (unpaired) electrons. The van der Waals surface area contributed by atoms with Gasteiger partial charge in [0.25, 0.3) is 0 Å². The highest BCUT2D eigenvalue weighted by atomic mass is 32.1. The predicted octanol–water partition coefficient (Wildman–Crippen LogP) is -0.453. The number of anilines is 1. The number of hydrogen-bond acceptors (Lipinski definition) is 7. The Hall–Kier alpha value is -1.74. The highest BCUT2D eigenvalue weighted by Gasteiger charge is 2.40. The number of nitrogens with zero attached hydrogens (tertiary/aromatic N) is 4. The second kappa shape index (κ2) is 5.33. The van der Waals surface area contributed by atoms with Crippen molar-refractivity contribution < 1.29 is 9.59 Å². The molecule has 9 heteroatoms. The Bertz CT molecular complexity index is 533. The van der Waals surface area contributed by atoms with Crippen LogP contribution in [0.1, 0.15) is 25.0 Å². The molecule has 0 aromatic carbocycles. The van der Waals surface area contributed by atoms with Gasteiger partial charge in [-0.1, -0.05) is 4.49 Å². The van der Waals surface area contributed by atoms with Crippen LogP contribution < -0.4 is 11.3 Å². The number of amides is 2. The van der Waals surface area contributed by atoms with E-state index in [2.05, 4.69) is 15.0 Å². The first-order chi connectivity index (χ1) is 9.70. The van der Waals surface area contributed by atoms with Crippen LogP contribution in [0.3, 0.4) is 0 Å². The molecular weight excluding hydrogens is 280 g/mol. The lowest BCUT2D eigenvalue weighted by molar-refractivity contribution is -0.158. The number of nitrogen functional groups attached to an aromatic ring is 1. The van der Waals surface area contributed by atoms with Crippen molar-refractivity contribution in [2.75, 3.05) is 18.5 Å². The van der Waals surface area contributed by atoms with E-state index in [1.165, 1.54) is 0 Å². The zero-order valence-electron chi connectivity index (χ0n) is 10.9. The van der Waals surface area contributed by atoms with Gasteiger partial charge in [0.05, 0.1) is 6.54 Å². The minimum Gasteiger partial charge on any atom is -0.329 e. The van der Waals surface area contributed by atoms with E-state index in [4.69, 9.17) is 5.84 Å². The molecule has 3 rings (SSSR count). The number of carbonyl (C=O) groups is 2. The molecule has 2 amide bonds. The van der Waals surface area contributed by atoms with Gasteiger partial charge in [-0.15, -0.1) is 5.10 Å². The Kier molecular flexibility index (Phi) is 3.53. The van der Waals surface area contributed by atoms with Gasteiger partial charge in [0.15, 0.2) is 0 Å². The van der Waals surface area contributed by atoms with Crippen LogP contribution in [0.2, 0.25) is 0 Å². The monoisotopic (exact) mass is 296 g/mol. The number of aromatic nitrogens is 2. The summed E-state index contributed by atoms with van der Waals surface area (Å²) in [6.45, 7) is 1.07. The third-order valence-electron chi connectivity index (χ3n) is 3.77. The van der Waals surface area contributed by atoms with E-state index in [-0.39, 0.29) is 30.9 Å². The summed E-state index contributed by atoms with van der Waals surface area (Å²) in [5.74, 6) is 5.38. The van der Waals surface area contributed by atoms with E-state index in [0.717, 1.165) is 30.8 Å². The number of fused-ring (bicyclic) bond motifs is 1. The summed E-state index contributed by atoms with van der Waals surface area (Å²) >= 11 is 1.13. The molecular formula is C11H16N6O2S. The first kappa shape index (κ1) is 13.3. The Morgan fingerprint density at radius 3 is 3.05 bits per heavy atom. The average molecular weight is 296 g/mol. The lowest BCUT2D eigenvalue weighted by Crippen LogP contribution is -2.60. The van der Waals surface area contributed by atoms with E-state index >= 15 is 0 Å². The average Bonchev–Trinajstić information content (AvgIpc) is 2.92. The standard InChI is InChI=1S/C11H16N6O2S/c12-13-10-7(14-15-20-10)5-16-6-9(18)17-4-2-1-3-8(17)11(16)19/h8,13H,1-6,12H2. The van der Waals surface area contributed by atoms with Crippen LogP contribution in [0.5, 0.6) is 0 Å². The molecule has 0 spiro atoms. The predicted molar refractivity (Wildman–Crippen MR) is 72.5 cm³/mol. The maximum Gasteiger partial charge on any atom is 0.246 e. The van der Waals surface area contributed by atoms with E-state index in [0.29, 0.717) is 17.2 Å². The molecule has 2 saturated heterocycles. The van der Waals surface area contributed by atoms with Crippen LogP contribution >= 0.6 is 11.5 Å². The molecule has 2 aliphatic rings. The summed E-state index contributed by atoms with van der Waals surface area (Å²) in [5, 5.41) is 4.57. The number of hydrogen-bond donors (Lipinski definition) is 2. The maximum absolute atomic E-state index is 12.5. The van der Waals surface area contributed by atoms with Crippen LogP contribution in [0, 0.1) is 0 Å². The molecule has 0 saturated carbocycles. The molecule has 8 nitrogen and oxygen atoms in total. The molecule has 2 aliphatic heterocycles. The van der Waals surface area contributed by atoms with Crippen molar-refractivity contribution in [3.05, 3.63) is 5.69 Å². The van der Waals surface area contributed by atoms with Gasteiger partial charge in [-0.2, -0.15) is 0 Å². The van der Waals surface area contributed by atoms with Crippen molar-refractivity contribution >= 4 is 28.3 Å². The number of nitrogens with one attached hydrogen (secondary N) is 1. The van der Waals surface area contributed by atoms with Crippen molar-refractivity contribution in [1.29, 1.82) is 0 Å². The van der Waals surface area contributed by atoms with Crippen molar-refractivity contribution in [3.8, 4) is 0 Å². The Morgan fingerprint density at radius 1 is 1.40 bits per heavy atom. The lowest BCUT2D eigenvalue weighted by Gasteiger charge is -2.42. The van der Waals surface area contributed by atoms with Gasteiger partial charge in [-0.25, -0.2) is 5.84 Å². The van der Waals surface area contributed by atoms with Crippen molar-refractivity contribution in [3.63, 3.8) is 0 Å². The molecule has 1 unspecified atom stereocenters. The molecule has 3 N–H and O–H groups in total. The zero-order valence-corrected chi connectivity index (χ0v) is 11.7. The zero-order chi connectivity index (χ0) is 14.1. The number of nitrogens with two attached hydrogens (primary N) is 1. The van der Waals surface area contributed by atoms with Gasteiger partial charge in [-0.3, -0.25) is 9.59 Å². The van der Waals surface area contributed by atoms with Crippen LogP contribution in [-0.2, 0) is 16.1 Å². The van der Waals surface area contributed by atoms with Gasteiger partial charge in [0.1, 0.15) is 23.3 Å². The molecule has 20 heavy (non-hydrogen) atoms. The first-order valence-electron chi connectivity index (χ1n) is 6.57. The van der Waals surface area contributed by atoms with Gasteiger partial charge >= 0.3 is 0 Å². The second-order valence-electron chi connectivity index (χ2n) is 4.99.